The summed E-state index contributed by atoms with van der Waals surface area (Å²) in [6.07, 6.45) is 4.46. The van der Waals surface area contributed by atoms with E-state index in [1.165, 1.54) is 26.8 Å². The fraction of sp³-hybridized carbons (Fsp3) is 0.286. The number of rotatable bonds is 7. The van der Waals surface area contributed by atoms with Crippen LogP contribution in [-0.2, 0) is 24.2 Å². The first kappa shape index (κ1) is 22.2. The quantitative estimate of drug-likeness (QED) is 0.180. The van der Waals surface area contributed by atoms with Crippen molar-refractivity contribution in [3.8, 4) is 0 Å². The number of aromatic nitrogens is 2. The minimum absolute atomic E-state index is 0.108. The molecule has 0 fully saturated rings. The van der Waals surface area contributed by atoms with Gasteiger partial charge in [-0.05, 0) is 43.9 Å². The van der Waals surface area contributed by atoms with E-state index in [0.717, 1.165) is 48.7 Å². The zero-order valence-electron chi connectivity index (χ0n) is 17.1. The second-order valence-corrected chi connectivity index (χ2v) is 9.70. The zero-order chi connectivity index (χ0) is 23.0. The highest BCUT2D eigenvalue weighted by Gasteiger charge is 2.25. The Morgan fingerprint density at radius 2 is 2.28 bits per heavy atom. The number of amides is 1. The Morgan fingerprint density at radius 3 is 3.00 bits per heavy atom. The number of allylic oxidation sites excluding steroid dienone is 1. The molecule has 0 unspecified atom stereocenters. The second kappa shape index (κ2) is 8.83. The summed E-state index contributed by atoms with van der Waals surface area (Å²) in [7, 11) is 0. The molecule has 2 aromatic heterocycles. The molecule has 0 radical (unpaired) electrons. The van der Waals surface area contributed by atoms with E-state index in [9.17, 15) is 24.1 Å². The minimum atomic E-state index is -0.982. The van der Waals surface area contributed by atoms with Crippen LogP contribution in [0, 0.1) is 15.9 Å². The van der Waals surface area contributed by atoms with Crippen LogP contribution in [0.25, 0.3) is 10.2 Å². The third-order valence-corrected chi connectivity index (χ3v) is 7.44. The number of thiophene rings is 1. The summed E-state index contributed by atoms with van der Waals surface area (Å²) in [5.74, 6) is -1.44. The van der Waals surface area contributed by atoms with Crippen LogP contribution >= 0.6 is 23.1 Å². The Labute approximate surface area is 190 Å². The Kier molecular flexibility index (Phi) is 6.11. The number of thioether (sulfide) groups is 1. The van der Waals surface area contributed by atoms with Crippen molar-refractivity contribution >= 4 is 50.6 Å². The Balaban J connectivity index is 1.61. The van der Waals surface area contributed by atoms with Crippen LogP contribution in [0.1, 0.15) is 23.8 Å². The zero-order valence-corrected chi connectivity index (χ0v) is 18.7. The largest absolute Gasteiger partial charge is 0.325 e. The van der Waals surface area contributed by atoms with Gasteiger partial charge in [-0.15, -0.1) is 17.9 Å². The highest BCUT2D eigenvalue weighted by Crippen LogP contribution is 2.36. The van der Waals surface area contributed by atoms with Crippen molar-refractivity contribution in [3.63, 3.8) is 0 Å². The number of carbonyl (C=O) groups is 1. The van der Waals surface area contributed by atoms with Gasteiger partial charge in [-0.3, -0.25) is 24.3 Å². The number of fused-ring (bicyclic) bond motifs is 3. The second-order valence-electron chi connectivity index (χ2n) is 7.31. The molecule has 1 atom stereocenters. The van der Waals surface area contributed by atoms with Crippen LogP contribution in [0.5, 0.6) is 0 Å². The average Bonchev–Trinajstić information content (AvgIpc) is 3.32. The van der Waals surface area contributed by atoms with E-state index in [-0.39, 0.29) is 17.8 Å². The molecule has 8 nitrogen and oxygen atoms in total. The number of hydrogen-bond donors (Lipinski definition) is 1. The molecule has 3 aromatic rings. The lowest BCUT2D eigenvalue weighted by molar-refractivity contribution is -0.387. The van der Waals surface area contributed by atoms with Crippen molar-refractivity contribution in [2.75, 3.05) is 5.32 Å². The van der Waals surface area contributed by atoms with Crippen molar-refractivity contribution in [1.29, 1.82) is 0 Å². The number of carbonyl (C=O) groups excluding carboxylic acids is 1. The molecule has 1 aliphatic carbocycles. The van der Waals surface area contributed by atoms with Gasteiger partial charge in [0, 0.05) is 23.2 Å². The maximum absolute atomic E-state index is 13.5. The molecule has 2 heterocycles. The standard InChI is InChI=1S/C21H19FN4O4S2/c1-3-9-25-20(28)17-13-5-4-6-16(13)32-19(17)24-21(25)31-11(2)18(27)23-12-7-8-14(22)15(10-12)26(29)30/h3,7-8,10-11H,1,4-6,9H2,2H3,(H,23,27)/t11-/m0/s1. The van der Waals surface area contributed by atoms with Crippen molar-refractivity contribution in [1.82, 2.24) is 9.55 Å². The first-order chi connectivity index (χ1) is 15.3. The molecule has 1 N–H and O–H groups in total. The molecule has 1 aromatic carbocycles. The van der Waals surface area contributed by atoms with Crippen LogP contribution < -0.4 is 10.9 Å². The molecule has 0 aliphatic heterocycles. The molecule has 0 bridgehead atoms. The van der Waals surface area contributed by atoms with Crippen LogP contribution in [0.2, 0.25) is 0 Å². The summed E-state index contributed by atoms with van der Waals surface area (Å²) in [5, 5.41) is 13.9. The van der Waals surface area contributed by atoms with Crippen LogP contribution in [-0.4, -0.2) is 25.6 Å². The SMILES string of the molecule is C=CCn1c(S[C@@H](C)C(=O)Nc2ccc(F)c([N+](=O)[O-])c2)nc2sc3c(c2c1=O)CCC3. The summed E-state index contributed by atoms with van der Waals surface area (Å²) in [6, 6.07) is 3.15. The average molecular weight is 475 g/mol. The van der Waals surface area contributed by atoms with Crippen LogP contribution in [0.15, 0.2) is 40.8 Å². The molecule has 0 saturated carbocycles. The monoisotopic (exact) mass is 474 g/mol. The van der Waals surface area contributed by atoms with Gasteiger partial charge in [-0.2, -0.15) is 4.39 Å². The van der Waals surface area contributed by atoms with Gasteiger partial charge < -0.3 is 5.32 Å². The molecule has 0 saturated heterocycles. The van der Waals surface area contributed by atoms with E-state index < -0.39 is 27.6 Å². The maximum atomic E-state index is 13.5. The van der Waals surface area contributed by atoms with E-state index in [2.05, 4.69) is 16.9 Å². The Hall–Kier alpha value is -3.05. The summed E-state index contributed by atoms with van der Waals surface area (Å²) in [5.41, 5.74) is 0.331. The number of nitro groups is 1. The number of nitrogens with one attached hydrogen (secondary N) is 1. The van der Waals surface area contributed by atoms with E-state index in [0.29, 0.717) is 15.4 Å². The van der Waals surface area contributed by atoms with Crippen molar-refractivity contribution in [3.05, 3.63) is 67.6 Å². The van der Waals surface area contributed by atoms with Gasteiger partial charge in [0.2, 0.25) is 11.7 Å². The topological polar surface area (TPSA) is 107 Å². The molecule has 1 amide bonds. The highest BCUT2D eigenvalue weighted by atomic mass is 32.2. The predicted octanol–water partition coefficient (Wildman–Crippen LogP) is 4.30. The van der Waals surface area contributed by atoms with E-state index in [1.807, 2.05) is 0 Å². The highest BCUT2D eigenvalue weighted by molar-refractivity contribution is 8.00. The molecule has 32 heavy (non-hydrogen) atoms. The van der Waals surface area contributed by atoms with Crippen molar-refractivity contribution in [2.24, 2.45) is 0 Å². The summed E-state index contributed by atoms with van der Waals surface area (Å²) in [6.45, 7) is 5.62. The lowest BCUT2D eigenvalue weighted by Crippen LogP contribution is -2.26. The third-order valence-electron chi connectivity index (χ3n) is 5.16. The number of nitrogens with zero attached hydrogens (tertiary/aromatic N) is 3. The smallest absolute Gasteiger partial charge is 0.306 e. The summed E-state index contributed by atoms with van der Waals surface area (Å²) >= 11 is 2.63. The molecular weight excluding hydrogens is 455 g/mol. The maximum Gasteiger partial charge on any atom is 0.306 e. The number of aryl methyl sites for hydroxylation is 2. The summed E-state index contributed by atoms with van der Waals surface area (Å²) in [4.78, 5) is 42.5. The van der Waals surface area contributed by atoms with Gasteiger partial charge in [0.05, 0.1) is 15.6 Å². The molecular formula is C21H19FN4O4S2. The van der Waals surface area contributed by atoms with Crippen molar-refractivity contribution in [2.45, 2.75) is 43.1 Å². The number of anilines is 1. The van der Waals surface area contributed by atoms with Gasteiger partial charge in [0.25, 0.3) is 5.56 Å². The predicted molar refractivity (Wildman–Crippen MR) is 123 cm³/mol. The molecule has 0 spiro atoms. The van der Waals surface area contributed by atoms with E-state index >= 15 is 0 Å². The minimum Gasteiger partial charge on any atom is -0.325 e. The van der Waals surface area contributed by atoms with Gasteiger partial charge in [0.1, 0.15) is 4.83 Å². The van der Waals surface area contributed by atoms with Crippen LogP contribution in [0.3, 0.4) is 0 Å². The number of halogens is 1. The first-order valence-electron chi connectivity index (χ1n) is 9.87. The number of benzene rings is 1. The Bertz CT molecular complexity index is 1320. The first-order valence-corrected chi connectivity index (χ1v) is 11.6. The fourth-order valence-electron chi connectivity index (χ4n) is 3.62. The summed E-state index contributed by atoms with van der Waals surface area (Å²) < 4.78 is 15.1. The van der Waals surface area contributed by atoms with Crippen molar-refractivity contribution < 1.29 is 14.1 Å². The molecule has 1 aliphatic rings. The number of nitro benzene ring substituents is 1. The van der Waals surface area contributed by atoms with Gasteiger partial charge in [0.15, 0.2) is 5.16 Å². The Morgan fingerprint density at radius 1 is 1.50 bits per heavy atom. The molecule has 11 heteroatoms. The number of hydrogen-bond acceptors (Lipinski definition) is 7. The molecule has 166 valence electrons. The van der Waals surface area contributed by atoms with Gasteiger partial charge in [-0.1, -0.05) is 17.8 Å². The van der Waals surface area contributed by atoms with E-state index in [4.69, 9.17) is 0 Å². The third kappa shape index (κ3) is 4.05. The van der Waals surface area contributed by atoms with Gasteiger partial charge >= 0.3 is 5.69 Å². The lowest BCUT2D eigenvalue weighted by Gasteiger charge is -2.15. The van der Waals surface area contributed by atoms with Gasteiger partial charge in [-0.25, -0.2) is 4.98 Å². The van der Waals surface area contributed by atoms with E-state index in [1.54, 1.807) is 13.0 Å². The normalized spacial score (nSPS) is 13.7. The molecule has 4 rings (SSSR count). The lowest BCUT2D eigenvalue weighted by atomic mass is 10.2. The van der Waals surface area contributed by atoms with Crippen LogP contribution in [0.4, 0.5) is 15.8 Å². The fourth-order valence-corrected chi connectivity index (χ4v) is 5.84.